The zero-order valence-corrected chi connectivity index (χ0v) is 8.47. The van der Waals surface area contributed by atoms with E-state index in [4.69, 9.17) is 11.5 Å². The highest BCUT2D eigenvalue weighted by molar-refractivity contribution is 6.01. The Balaban J connectivity index is 2.28. The molecule has 1 amide bonds. The van der Waals surface area contributed by atoms with E-state index in [0.717, 1.165) is 11.0 Å². The predicted molar refractivity (Wildman–Crippen MR) is 60.0 cm³/mol. The van der Waals surface area contributed by atoms with Crippen molar-refractivity contribution < 1.29 is 4.79 Å². The molecule has 1 aromatic heterocycles. The Morgan fingerprint density at radius 2 is 2.12 bits per heavy atom. The number of aromatic nitrogens is 2. The lowest BCUT2D eigenvalue weighted by molar-refractivity contribution is -0.114. The first-order valence-electron chi connectivity index (χ1n) is 4.92. The molecular formula is C11H10N4O. The zero-order chi connectivity index (χ0) is 11.3. The second-order valence-corrected chi connectivity index (χ2v) is 3.77. The number of nitrogens with two attached hydrogens (primary N) is 2. The number of fused-ring (bicyclic) bond motifs is 3. The second kappa shape index (κ2) is 2.85. The minimum absolute atomic E-state index is 0.392. The second-order valence-electron chi connectivity index (χ2n) is 3.77. The first kappa shape index (κ1) is 8.96. The normalized spacial score (nSPS) is 14.5. The lowest BCUT2D eigenvalue weighted by Crippen LogP contribution is -2.17. The highest BCUT2D eigenvalue weighted by atomic mass is 16.1. The predicted octanol–water partition coefficient (Wildman–Crippen LogP) is 0.205. The van der Waals surface area contributed by atoms with E-state index in [2.05, 4.69) is 4.98 Å². The van der Waals surface area contributed by atoms with Crippen LogP contribution in [0.3, 0.4) is 0 Å². The fourth-order valence-corrected chi connectivity index (χ4v) is 2.03. The van der Waals surface area contributed by atoms with E-state index in [0.29, 0.717) is 23.6 Å². The molecule has 4 N–H and O–H groups in total. The van der Waals surface area contributed by atoms with E-state index in [1.807, 2.05) is 28.8 Å². The lowest BCUT2D eigenvalue weighted by Gasteiger charge is -1.99. The van der Waals surface area contributed by atoms with Gasteiger partial charge in [-0.3, -0.25) is 4.79 Å². The average Bonchev–Trinajstić information content (AvgIpc) is 2.76. The van der Waals surface area contributed by atoms with Gasteiger partial charge in [0.15, 0.2) is 5.82 Å². The van der Waals surface area contributed by atoms with Crippen LogP contribution in [0.25, 0.3) is 16.7 Å². The van der Waals surface area contributed by atoms with Crippen molar-refractivity contribution in [2.45, 2.75) is 6.54 Å². The van der Waals surface area contributed by atoms with Gasteiger partial charge in [0, 0.05) is 0 Å². The summed E-state index contributed by atoms with van der Waals surface area (Å²) in [6.45, 7) is 0.414. The summed E-state index contributed by atoms with van der Waals surface area (Å²) < 4.78 is 1.91. The minimum Gasteiger partial charge on any atom is -0.395 e. The molecule has 0 aliphatic carbocycles. The van der Waals surface area contributed by atoms with Crippen LogP contribution in [0.15, 0.2) is 29.8 Å². The summed E-state index contributed by atoms with van der Waals surface area (Å²) in [7, 11) is 0. The van der Waals surface area contributed by atoms with E-state index < -0.39 is 5.91 Å². The molecule has 16 heavy (non-hydrogen) atoms. The molecule has 0 atom stereocenters. The van der Waals surface area contributed by atoms with Crippen molar-refractivity contribution in [3.05, 3.63) is 35.7 Å². The van der Waals surface area contributed by atoms with Gasteiger partial charge in [-0.25, -0.2) is 4.98 Å². The van der Waals surface area contributed by atoms with Crippen LogP contribution in [-0.2, 0) is 11.3 Å². The van der Waals surface area contributed by atoms with Crippen molar-refractivity contribution >= 4 is 22.6 Å². The van der Waals surface area contributed by atoms with Crippen LogP contribution >= 0.6 is 0 Å². The number of amides is 1. The molecule has 0 radical (unpaired) electrons. The zero-order valence-electron chi connectivity index (χ0n) is 8.47. The van der Waals surface area contributed by atoms with Gasteiger partial charge in [-0.2, -0.15) is 0 Å². The van der Waals surface area contributed by atoms with Crippen LogP contribution in [-0.4, -0.2) is 15.5 Å². The molecule has 5 nitrogen and oxygen atoms in total. The number of carbonyl (C=O) groups excluding carboxylic acids is 1. The summed E-state index contributed by atoms with van der Waals surface area (Å²) in [5, 5.41) is 0. The molecule has 3 rings (SSSR count). The number of hydrogen-bond donors (Lipinski definition) is 2. The Bertz CT molecular complexity index is 638. The molecule has 0 spiro atoms. The Morgan fingerprint density at radius 3 is 2.88 bits per heavy atom. The van der Waals surface area contributed by atoms with E-state index >= 15 is 0 Å². The number of hydrogen-bond acceptors (Lipinski definition) is 3. The molecule has 2 aromatic rings. The van der Waals surface area contributed by atoms with E-state index in [9.17, 15) is 4.79 Å². The molecule has 2 heterocycles. The topological polar surface area (TPSA) is 86.9 Å². The van der Waals surface area contributed by atoms with Gasteiger partial charge < -0.3 is 16.0 Å². The Kier molecular flexibility index (Phi) is 1.60. The molecule has 0 saturated carbocycles. The van der Waals surface area contributed by atoms with Crippen LogP contribution < -0.4 is 11.5 Å². The Labute approximate surface area is 91.4 Å². The summed E-state index contributed by atoms with van der Waals surface area (Å²) in [5.74, 6) is 0.155. The molecular weight excluding hydrogens is 204 g/mol. The number of rotatable bonds is 1. The van der Waals surface area contributed by atoms with Gasteiger partial charge in [-0.15, -0.1) is 0 Å². The van der Waals surface area contributed by atoms with E-state index in [1.54, 1.807) is 0 Å². The lowest BCUT2D eigenvalue weighted by atomic mass is 10.2. The van der Waals surface area contributed by atoms with Gasteiger partial charge in [0.1, 0.15) is 0 Å². The highest BCUT2D eigenvalue weighted by Crippen LogP contribution is 2.27. The average molecular weight is 214 g/mol. The maximum atomic E-state index is 11.2. The maximum absolute atomic E-state index is 11.2. The largest absolute Gasteiger partial charge is 0.395 e. The van der Waals surface area contributed by atoms with Gasteiger partial charge >= 0.3 is 0 Å². The van der Waals surface area contributed by atoms with Crippen molar-refractivity contribution in [2.24, 2.45) is 11.5 Å². The Hall–Kier alpha value is -2.30. The first-order valence-corrected chi connectivity index (χ1v) is 4.92. The van der Waals surface area contributed by atoms with Crippen molar-refractivity contribution in [3.63, 3.8) is 0 Å². The van der Waals surface area contributed by atoms with Gasteiger partial charge in [-0.1, -0.05) is 12.1 Å². The van der Waals surface area contributed by atoms with Crippen LogP contribution in [0.1, 0.15) is 5.82 Å². The molecule has 0 fully saturated rings. The molecule has 5 heteroatoms. The third-order valence-corrected chi connectivity index (χ3v) is 2.83. The number of imidazole rings is 1. The molecule has 1 aromatic carbocycles. The summed E-state index contributed by atoms with van der Waals surface area (Å²) in [6, 6.07) is 7.70. The monoisotopic (exact) mass is 214 g/mol. The van der Waals surface area contributed by atoms with Crippen LogP contribution in [0, 0.1) is 0 Å². The fraction of sp³-hybridized carbons (Fsp3) is 0.0909. The fourth-order valence-electron chi connectivity index (χ4n) is 2.03. The van der Waals surface area contributed by atoms with Crippen LogP contribution in [0.5, 0.6) is 0 Å². The highest BCUT2D eigenvalue weighted by Gasteiger charge is 2.25. The van der Waals surface area contributed by atoms with Gasteiger partial charge in [0.25, 0.3) is 0 Å². The van der Waals surface area contributed by atoms with Crippen LogP contribution in [0.2, 0.25) is 0 Å². The summed E-state index contributed by atoms with van der Waals surface area (Å²) in [6.07, 6.45) is 0. The van der Waals surface area contributed by atoms with E-state index in [1.165, 1.54) is 0 Å². The standard InChI is InChI=1S/C11H10N4O/c12-9-6(10(13)16)5-15-8-4-2-1-3-7(8)14-11(9)15/h1-4H,5,12H2,(H2,13,16). The summed E-state index contributed by atoms with van der Waals surface area (Å²) >= 11 is 0. The van der Waals surface area contributed by atoms with Crippen molar-refractivity contribution in [1.82, 2.24) is 9.55 Å². The molecule has 0 bridgehead atoms. The number of para-hydroxylation sites is 2. The maximum Gasteiger partial charge on any atom is 0.248 e. The first-order chi connectivity index (χ1) is 7.68. The SMILES string of the molecule is NC(=O)C1=C(N)c2nc3ccccc3n2C1. The van der Waals surface area contributed by atoms with Crippen LogP contribution in [0.4, 0.5) is 0 Å². The smallest absolute Gasteiger partial charge is 0.248 e. The Morgan fingerprint density at radius 1 is 1.38 bits per heavy atom. The summed E-state index contributed by atoms with van der Waals surface area (Å²) in [5.41, 5.74) is 13.8. The molecule has 1 aliphatic heterocycles. The third-order valence-electron chi connectivity index (χ3n) is 2.83. The van der Waals surface area contributed by atoms with Crippen molar-refractivity contribution in [2.75, 3.05) is 0 Å². The van der Waals surface area contributed by atoms with Gasteiger partial charge in [0.2, 0.25) is 5.91 Å². The number of benzene rings is 1. The number of nitrogens with zero attached hydrogens (tertiary/aromatic N) is 2. The molecule has 0 unspecified atom stereocenters. The minimum atomic E-state index is -0.480. The summed E-state index contributed by atoms with van der Waals surface area (Å²) in [4.78, 5) is 15.5. The van der Waals surface area contributed by atoms with E-state index in [-0.39, 0.29) is 0 Å². The number of carbonyl (C=O) groups is 1. The van der Waals surface area contributed by atoms with Gasteiger partial charge in [0.05, 0.1) is 28.8 Å². The van der Waals surface area contributed by atoms with Gasteiger partial charge in [-0.05, 0) is 12.1 Å². The molecule has 0 saturated heterocycles. The number of primary amides is 1. The van der Waals surface area contributed by atoms with Crippen molar-refractivity contribution in [3.8, 4) is 0 Å². The molecule has 80 valence electrons. The van der Waals surface area contributed by atoms with Crippen molar-refractivity contribution in [1.29, 1.82) is 0 Å². The quantitative estimate of drug-likeness (QED) is 0.711. The third kappa shape index (κ3) is 0.995. The molecule has 1 aliphatic rings.